The van der Waals surface area contributed by atoms with Crippen LogP contribution >= 0.6 is 0 Å². The number of hydrogen-bond donors (Lipinski definition) is 1. The van der Waals surface area contributed by atoms with Crippen molar-refractivity contribution in [2.75, 3.05) is 0 Å². The maximum atomic E-state index is 12.1. The Labute approximate surface area is 118 Å². The summed E-state index contributed by atoms with van der Waals surface area (Å²) in [6, 6.07) is 15.6. The summed E-state index contributed by atoms with van der Waals surface area (Å²) in [5, 5.41) is 8.97. The second-order valence-corrected chi connectivity index (χ2v) is 6.17. The highest BCUT2D eigenvalue weighted by molar-refractivity contribution is 7.89. The quantitative estimate of drug-likeness (QED) is 0.938. The first-order chi connectivity index (χ1) is 9.53. The summed E-state index contributed by atoms with van der Waals surface area (Å²) in [4.78, 5) is 0.220. The van der Waals surface area contributed by atoms with Gasteiger partial charge in [0, 0.05) is 6.54 Å². The van der Waals surface area contributed by atoms with Crippen molar-refractivity contribution in [3.63, 3.8) is 0 Å². The average molecular weight is 286 g/mol. The zero-order valence-electron chi connectivity index (χ0n) is 11.0. The number of benzene rings is 2. The third-order valence-electron chi connectivity index (χ3n) is 2.92. The van der Waals surface area contributed by atoms with Crippen LogP contribution in [0.15, 0.2) is 53.4 Å². The first-order valence-corrected chi connectivity index (χ1v) is 7.55. The molecule has 0 aliphatic carbocycles. The summed E-state index contributed by atoms with van der Waals surface area (Å²) in [5.41, 5.74) is 2.13. The fraction of sp³-hybridized carbons (Fsp3) is 0.133. The van der Waals surface area contributed by atoms with Gasteiger partial charge in [0.2, 0.25) is 10.0 Å². The Morgan fingerprint density at radius 1 is 1.10 bits per heavy atom. The minimum atomic E-state index is -3.56. The molecule has 0 aliphatic heterocycles. The topological polar surface area (TPSA) is 70.0 Å². The van der Waals surface area contributed by atoms with Gasteiger partial charge in [-0.3, -0.25) is 0 Å². The number of rotatable bonds is 4. The van der Waals surface area contributed by atoms with E-state index >= 15 is 0 Å². The molecule has 2 aromatic rings. The third-order valence-corrected chi connectivity index (χ3v) is 4.34. The van der Waals surface area contributed by atoms with Gasteiger partial charge in [-0.2, -0.15) is 5.26 Å². The molecule has 0 unspecified atom stereocenters. The van der Waals surface area contributed by atoms with Crippen LogP contribution in [0.2, 0.25) is 0 Å². The molecule has 0 amide bonds. The maximum Gasteiger partial charge on any atom is 0.240 e. The van der Waals surface area contributed by atoms with Crippen LogP contribution in [-0.4, -0.2) is 8.42 Å². The second kappa shape index (κ2) is 5.87. The van der Waals surface area contributed by atoms with Gasteiger partial charge in [-0.15, -0.1) is 0 Å². The Morgan fingerprint density at radius 2 is 1.75 bits per heavy atom. The van der Waals surface area contributed by atoms with Crippen LogP contribution in [0, 0.1) is 18.3 Å². The lowest BCUT2D eigenvalue weighted by Gasteiger charge is -2.08. The number of hydrogen-bond acceptors (Lipinski definition) is 3. The van der Waals surface area contributed by atoms with Crippen molar-refractivity contribution >= 4 is 10.0 Å². The summed E-state index contributed by atoms with van der Waals surface area (Å²) < 4.78 is 26.8. The summed E-state index contributed by atoms with van der Waals surface area (Å²) in [6.45, 7) is 1.99. The molecule has 4 nitrogen and oxygen atoms in total. The van der Waals surface area contributed by atoms with Crippen LogP contribution in [0.5, 0.6) is 0 Å². The fourth-order valence-electron chi connectivity index (χ4n) is 1.76. The van der Waals surface area contributed by atoms with E-state index in [4.69, 9.17) is 5.26 Å². The lowest BCUT2D eigenvalue weighted by molar-refractivity contribution is 0.581. The summed E-state index contributed by atoms with van der Waals surface area (Å²) in [5.74, 6) is 0. The highest BCUT2D eigenvalue weighted by atomic mass is 32.2. The highest BCUT2D eigenvalue weighted by Gasteiger charge is 2.13. The molecular formula is C15H14N2O2S. The summed E-state index contributed by atoms with van der Waals surface area (Å²) >= 11 is 0. The Kier molecular flexibility index (Phi) is 4.18. The van der Waals surface area contributed by atoms with Gasteiger partial charge in [0.25, 0.3) is 0 Å². The molecule has 0 spiro atoms. The monoisotopic (exact) mass is 286 g/mol. The lowest BCUT2D eigenvalue weighted by atomic mass is 10.1. The highest BCUT2D eigenvalue weighted by Crippen LogP contribution is 2.12. The molecule has 2 aromatic carbocycles. The zero-order valence-corrected chi connectivity index (χ0v) is 11.8. The predicted octanol–water partition coefficient (Wildman–Crippen LogP) is 2.35. The fourth-order valence-corrected chi connectivity index (χ4v) is 2.76. The van der Waals surface area contributed by atoms with E-state index in [1.165, 1.54) is 0 Å². The Bertz CT molecular complexity index is 744. The number of nitrogens with zero attached hydrogens (tertiary/aromatic N) is 1. The Hall–Kier alpha value is -2.16. The van der Waals surface area contributed by atoms with Gasteiger partial charge in [0.15, 0.2) is 0 Å². The van der Waals surface area contributed by atoms with Gasteiger partial charge in [-0.1, -0.05) is 35.9 Å². The molecule has 0 aromatic heterocycles. The van der Waals surface area contributed by atoms with Gasteiger partial charge in [0.05, 0.1) is 16.5 Å². The predicted molar refractivity (Wildman–Crippen MR) is 76.4 cm³/mol. The molecule has 0 fully saturated rings. The van der Waals surface area contributed by atoms with E-state index in [1.54, 1.807) is 48.5 Å². The molecule has 1 N–H and O–H groups in total. The van der Waals surface area contributed by atoms with E-state index in [9.17, 15) is 8.42 Å². The molecule has 2 rings (SSSR count). The van der Waals surface area contributed by atoms with Crippen LogP contribution in [0.4, 0.5) is 0 Å². The molecule has 0 saturated carbocycles. The minimum absolute atomic E-state index is 0.0972. The Morgan fingerprint density at radius 3 is 2.40 bits per heavy atom. The molecule has 20 heavy (non-hydrogen) atoms. The van der Waals surface area contributed by atoms with Crippen LogP contribution < -0.4 is 4.72 Å². The molecule has 0 aliphatic rings. The van der Waals surface area contributed by atoms with E-state index in [0.717, 1.165) is 5.56 Å². The van der Waals surface area contributed by atoms with Crippen LogP contribution in [0.25, 0.3) is 0 Å². The van der Waals surface area contributed by atoms with Gasteiger partial charge >= 0.3 is 0 Å². The first kappa shape index (κ1) is 14.3. The zero-order chi connectivity index (χ0) is 14.6. The van der Waals surface area contributed by atoms with E-state index in [-0.39, 0.29) is 11.4 Å². The van der Waals surface area contributed by atoms with Gasteiger partial charge in [-0.05, 0) is 30.7 Å². The van der Waals surface area contributed by atoms with E-state index in [1.807, 2.05) is 13.0 Å². The van der Waals surface area contributed by atoms with Crippen molar-refractivity contribution in [3.05, 3.63) is 65.2 Å². The van der Waals surface area contributed by atoms with E-state index in [2.05, 4.69) is 4.72 Å². The second-order valence-electron chi connectivity index (χ2n) is 4.41. The minimum Gasteiger partial charge on any atom is -0.207 e. The molecule has 0 saturated heterocycles. The van der Waals surface area contributed by atoms with Gasteiger partial charge in [0.1, 0.15) is 0 Å². The molecule has 0 bridgehead atoms. The molecule has 0 radical (unpaired) electrons. The Balaban J connectivity index is 2.18. The number of sulfonamides is 1. The summed E-state index contributed by atoms with van der Waals surface area (Å²) in [6.07, 6.45) is 0. The average Bonchev–Trinajstić information content (AvgIpc) is 2.46. The van der Waals surface area contributed by atoms with Crippen molar-refractivity contribution in [2.45, 2.75) is 18.4 Å². The molecular weight excluding hydrogens is 272 g/mol. The molecule has 0 atom stereocenters. The van der Waals surface area contributed by atoms with Crippen LogP contribution in [-0.2, 0) is 16.6 Å². The van der Waals surface area contributed by atoms with E-state index < -0.39 is 10.0 Å². The lowest BCUT2D eigenvalue weighted by Crippen LogP contribution is -2.23. The number of nitrogens with one attached hydrogen (secondary N) is 1. The third kappa shape index (κ3) is 3.23. The van der Waals surface area contributed by atoms with Crippen LogP contribution in [0.3, 0.4) is 0 Å². The van der Waals surface area contributed by atoms with Gasteiger partial charge in [-0.25, -0.2) is 13.1 Å². The molecule has 102 valence electrons. The largest absolute Gasteiger partial charge is 0.240 e. The van der Waals surface area contributed by atoms with Crippen molar-refractivity contribution in [1.82, 2.24) is 4.72 Å². The number of aryl methyl sites for hydroxylation is 1. The van der Waals surface area contributed by atoms with Crippen LogP contribution in [0.1, 0.15) is 16.7 Å². The summed E-state index contributed by atoms with van der Waals surface area (Å²) in [7, 11) is -3.56. The normalized spacial score (nSPS) is 11.0. The molecule has 5 heteroatoms. The number of nitriles is 1. The van der Waals surface area contributed by atoms with Crippen molar-refractivity contribution in [2.24, 2.45) is 0 Å². The SMILES string of the molecule is Cc1ccc(S(=O)(=O)NCc2ccccc2C#N)cc1. The van der Waals surface area contributed by atoms with Crippen molar-refractivity contribution in [1.29, 1.82) is 5.26 Å². The first-order valence-electron chi connectivity index (χ1n) is 6.07. The van der Waals surface area contributed by atoms with Crippen molar-refractivity contribution in [3.8, 4) is 6.07 Å². The standard InChI is InChI=1S/C15H14N2O2S/c1-12-6-8-15(9-7-12)20(18,19)17-11-14-5-3-2-4-13(14)10-16/h2-9,17H,11H2,1H3. The molecule has 0 heterocycles. The smallest absolute Gasteiger partial charge is 0.207 e. The van der Waals surface area contributed by atoms with Crippen molar-refractivity contribution < 1.29 is 8.42 Å². The van der Waals surface area contributed by atoms with E-state index in [0.29, 0.717) is 11.1 Å². The maximum absolute atomic E-state index is 12.1. The van der Waals surface area contributed by atoms with Gasteiger partial charge < -0.3 is 0 Å².